The van der Waals surface area contributed by atoms with E-state index in [0.29, 0.717) is 0 Å². The second-order valence-corrected chi connectivity index (χ2v) is 7.31. The Kier molecular flexibility index (Phi) is 4.92. The highest BCUT2D eigenvalue weighted by Crippen LogP contribution is 2.36. The molecular weight excluding hydrogens is 366 g/mol. The molecule has 2 heterocycles. The first-order valence-electron chi connectivity index (χ1n) is 9.78. The monoisotopic (exact) mass is 389 g/mol. The first-order valence-corrected chi connectivity index (χ1v) is 9.78. The van der Waals surface area contributed by atoms with Crippen molar-refractivity contribution in [2.45, 2.75) is 39.2 Å². The molecule has 1 atom stereocenters. The quantitative estimate of drug-likeness (QED) is 0.704. The number of phenolic OH excluding ortho intramolecular Hbond substituents is 2. The molecule has 0 aliphatic carbocycles. The van der Waals surface area contributed by atoms with Crippen molar-refractivity contribution in [1.29, 1.82) is 0 Å². The van der Waals surface area contributed by atoms with E-state index < -0.39 is 0 Å². The predicted octanol–water partition coefficient (Wildman–Crippen LogP) is 4.10. The highest BCUT2D eigenvalue weighted by Gasteiger charge is 2.30. The molecule has 29 heavy (non-hydrogen) atoms. The lowest BCUT2D eigenvalue weighted by molar-refractivity contribution is 0.0972. The van der Waals surface area contributed by atoms with Crippen LogP contribution >= 0.6 is 0 Å². The minimum Gasteiger partial charge on any atom is -0.508 e. The lowest BCUT2D eigenvalue weighted by Gasteiger charge is -2.35. The van der Waals surface area contributed by atoms with Crippen LogP contribution in [0.1, 0.15) is 41.9 Å². The van der Waals surface area contributed by atoms with Gasteiger partial charge in [0.15, 0.2) is 0 Å². The summed E-state index contributed by atoms with van der Waals surface area (Å²) < 4.78 is 0. The Balaban J connectivity index is 1.75. The summed E-state index contributed by atoms with van der Waals surface area (Å²) in [6, 6.07) is 10.0. The van der Waals surface area contributed by atoms with Crippen LogP contribution < -0.4 is 4.90 Å². The molecule has 4 rings (SSSR count). The number of aromatic nitrogens is 2. The summed E-state index contributed by atoms with van der Waals surface area (Å²) in [6.07, 6.45) is 5.87. The third kappa shape index (κ3) is 3.42. The van der Waals surface area contributed by atoms with E-state index in [9.17, 15) is 15.0 Å². The molecule has 0 unspecified atom stereocenters. The lowest BCUT2D eigenvalue weighted by atomic mass is 9.93. The van der Waals surface area contributed by atoms with Crippen molar-refractivity contribution in [1.82, 2.24) is 9.97 Å². The number of nitrogens with zero attached hydrogens (tertiary/aromatic N) is 3. The number of hydrogen-bond acceptors (Lipinski definition) is 5. The minimum atomic E-state index is -0.280. The van der Waals surface area contributed by atoms with Gasteiger partial charge in [0.1, 0.15) is 11.5 Å². The van der Waals surface area contributed by atoms with E-state index in [1.165, 1.54) is 18.2 Å². The van der Waals surface area contributed by atoms with E-state index in [1.807, 2.05) is 19.1 Å². The Hall–Kier alpha value is -3.41. The van der Waals surface area contributed by atoms with Crippen LogP contribution in [0.3, 0.4) is 0 Å². The third-order valence-electron chi connectivity index (χ3n) is 5.42. The van der Waals surface area contributed by atoms with Crippen molar-refractivity contribution in [3.8, 4) is 22.8 Å². The molecule has 0 bridgehead atoms. The molecule has 2 aromatic carbocycles. The fourth-order valence-corrected chi connectivity index (χ4v) is 3.91. The van der Waals surface area contributed by atoms with Crippen molar-refractivity contribution < 1.29 is 15.0 Å². The Morgan fingerprint density at radius 2 is 1.93 bits per heavy atom. The van der Waals surface area contributed by atoms with Crippen LogP contribution in [0.5, 0.6) is 11.5 Å². The zero-order valence-corrected chi connectivity index (χ0v) is 16.5. The average Bonchev–Trinajstić information content (AvgIpc) is 2.73. The third-order valence-corrected chi connectivity index (χ3v) is 5.42. The zero-order chi connectivity index (χ0) is 20.5. The molecule has 0 saturated carbocycles. The van der Waals surface area contributed by atoms with Gasteiger partial charge in [0, 0.05) is 35.8 Å². The number of aryl methyl sites for hydroxylation is 2. The maximum Gasteiger partial charge on any atom is 0.262 e. The van der Waals surface area contributed by atoms with Crippen LogP contribution in [-0.4, -0.2) is 32.1 Å². The standard InChI is InChI=1S/C23H23N3O3/c1-3-19-22(25-11-10-24-19)16-6-9-20-15(12-16)5-4-14(2)26(20)23(29)18-8-7-17(27)13-21(18)28/h6-14,27-28H,3-5H2,1-2H3/t14-/m0/s1. The molecule has 0 fully saturated rings. The number of anilines is 1. The topological polar surface area (TPSA) is 86.6 Å². The molecule has 1 aliphatic rings. The fraction of sp³-hybridized carbons (Fsp3) is 0.261. The van der Waals surface area contributed by atoms with Crippen molar-refractivity contribution in [3.05, 3.63) is 65.6 Å². The number of hydrogen-bond donors (Lipinski definition) is 2. The maximum atomic E-state index is 13.2. The van der Waals surface area contributed by atoms with Crippen LogP contribution in [0.2, 0.25) is 0 Å². The van der Waals surface area contributed by atoms with E-state index >= 15 is 0 Å². The van der Waals surface area contributed by atoms with E-state index in [0.717, 1.165) is 47.5 Å². The van der Waals surface area contributed by atoms with Gasteiger partial charge in [-0.25, -0.2) is 0 Å². The first-order chi connectivity index (χ1) is 14.0. The minimum absolute atomic E-state index is 0.00299. The zero-order valence-electron chi connectivity index (χ0n) is 16.5. The van der Waals surface area contributed by atoms with Gasteiger partial charge in [0.05, 0.1) is 17.0 Å². The van der Waals surface area contributed by atoms with E-state index in [4.69, 9.17) is 0 Å². The summed E-state index contributed by atoms with van der Waals surface area (Å²) in [5.74, 6) is -0.581. The molecule has 0 saturated heterocycles. The molecule has 148 valence electrons. The smallest absolute Gasteiger partial charge is 0.262 e. The van der Waals surface area contributed by atoms with Crippen molar-refractivity contribution >= 4 is 11.6 Å². The van der Waals surface area contributed by atoms with Crippen LogP contribution in [0.4, 0.5) is 5.69 Å². The number of carbonyl (C=O) groups is 1. The summed E-state index contributed by atoms with van der Waals surface area (Å²) in [4.78, 5) is 23.9. The highest BCUT2D eigenvalue weighted by atomic mass is 16.3. The van der Waals surface area contributed by atoms with Crippen LogP contribution in [0, 0.1) is 0 Å². The first kappa shape index (κ1) is 18.9. The molecule has 6 heteroatoms. The normalized spacial score (nSPS) is 15.8. The second kappa shape index (κ2) is 7.54. The van der Waals surface area contributed by atoms with E-state index in [2.05, 4.69) is 23.0 Å². The van der Waals surface area contributed by atoms with Gasteiger partial charge in [0.25, 0.3) is 5.91 Å². The molecule has 0 spiro atoms. The van der Waals surface area contributed by atoms with Crippen LogP contribution in [0.25, 0.3) is 11.3 Å². The second-order valence-electron chi connectivity index (χ2n) is 7.31. The molecule has 3 aromatic rings. The van der Waals surface area contributed by atoms with Gasteiger partial charge in [-0.2, -0.15) is 0 Å². The summed E-state index contributed by atoms with van der Waals surface area (Å²) >= 11 is 0. The molecular formula is C23H23N3O3. The number of phenols is 2. The molecule has 2 N–H and O–H groups in total. The van der Waals surface area contributed by atoms with Gasteiger partial charge < -0.3 is 15.1 Å². The van der Waals surface area contributed by atoms with Crippen LogP contribution in [-0.2, 0) is 12.8 Å². The lowest BCUT2D eigenvalue weighted by Crippen LogP contribution is -2.42. The van der Waals surface area contributed by atoms with Crippen molar-refractivity contribution in [3.63, 3.8) is 0 Å². The Bertz CT molecular complexity index is 1080. The van der Waals surface area contributed by atoms with Gasteiger partial charge in [-0.05, 0) is 56.0 Å². The van der Waals surface area contributed by atoms with Gasteiger partial charge in [-0.15, -0.1) is 0 Å². The number of aromatic hydroxyl groups is 2. The number of amides is 1. The largest absolute Gasteiger partial charge is 0.508 e. The van der Waals surface area contributed by atoms with Gasteiger partial charge >= 0.3 is 0 Å². The Morgan fingerprint density at radius 1 is 1.14 bits per heavy atom. The highest BCUT2D eigenvalue weighted by molar-refractivity contribution is 6.09. The summed E-state index contributed by atoms with van der Waals surface area (Å²) in [6.45, 7) is 4.06. The van der Waals surface area contributed by atoms with Gasteiger partial charge in [-0.1, -0.05) is 13.0 Å². The van der Waals surface area contributed by atoms with Gasteiger partial charge in [-0.3, -0.25) is 14.8 Å². The Morgan fingerprint density at radius 3 is 2.69 bits per heavy atom. The fourth-order valence-electron chi connectivity index (χ4n) is 3.91. The van der Waals surface area contributed by atoms with Crippen molar-refractivity contribution in [2.24, 2.45) is 0 Å². The summed E-state index contributed by atoms with van der Waals surface area (Å²) in [7, 11) is 0. The van der Waals surface area contributed by atoms with E-state index in [1.54, 1.807) is 17.3 Å². The predicted molar refractivity (Wildman–Crippen MR) is 111 cm³/mol. The number of fused-ring (bicyclic) bond motifs is 1. The average molecular weight is 389 g/mol. The number of benzene rings is 2. The molecule has 0 radical (unpaired) electrons. The number of rotatable bonds is 3. The summed E-state index contributed by atoms with van der Waals surface area (Å²) in [5.41, 5.74) is 4.88. The molecule has 1 amide bonds. The maximum absolute atomic E-state index is 13.2. The van der Waals surface area contributed by atoms with E-state index in [-0.39, 0.29) is 29.0 Å². The molecule has 1 aliphatic heterocycles. The van der Waals surface area contributed by atoms with Gasteiger partial charge in [0.2, 0.25) is 0 Å². The van der Waals surface area contributed by atoms with Crippen LogP contribution in [0.15, 0.2) is 48.8 Å². The van der Waals surface area contributed by atoms with Crippen molar-refractivity contribution in [2.75, 3.05) is 4.90 Å². The SMILES string of the molecule is CCc1nccnc1-c1ccc2c(c1)CC[C@H](C)N2C(=O)c1ccc(O)cc1O. The Labute approximate surface area is 169 Å². The number of carbonyl (C=O) groups excluding carboxylic acids is 1. The molecule has 6 nitrogen and oxygen atoms in total. The summed E-state index contributed by atoms with van der Waals surface area (Å²) in [5, 5.41) is 19.7. The molecule has 1 aromatic heterocycles.